The van der Waals surface area contributed by atoms with Gasteiger partial charge in [0.1, 0.15) is 13.1 Å². The summed E-state index contributed by atoms with van der Waals surface area (Å²) in [6, 6.07) is -0.298. The standard InChI is InChI=1S/C11H18N4O3.ClH/c1-8-5-12-3-4-14(8)10(17)7-15-9(16)6-13(2)11(15)18;/h8,12H,3-7H2,1-2H3;1H. The molecular formula is C11H19ClN4O3. The fourth-order valence-corrected chi connectivity index (χ4v) is 2.26. The van der Waals surface area contributed by atoms with E-state index in [2.05, 4.69) is 5.32 Å². The molecule has 4 amide bonds. The summed E-state index contributed by atoms with van der Waals surface area (Å²) >= 11 is 0. The van der Waals surface area contributed by atoms with Crippen molar-refractivity contribution < 1.29 is 14.4 Å². The van der Waals surface area contributed by atoms with Gasteiger partial charge in [-0.25, -0.2) is 4.79 Å². The molecule has 2 rings (SSSR count). The number of imide groups is 1. The van der Waals surface area contributed by atoms with Crippen LogP contribution in [0, 0.1) is 0 Å². The number of urea groups is 1. The van der Waals surface area contributed by atoms with Crippen molar-refractivity contribution in [2.24, 2.45) is 0 Å². The molecule has 0 aromatic heterocycles. The summed E-state index contributed by atoms with van der Waals surface area (Å²) in [7, 11) is 1.55. The van der Waals surface area contributed by atoms with Crippen LogP contribution < -0.4 is 5.32 Å². The van der Waals surface area contributed by atoms with E-state index in [1.165, 1.54) is 4.90 Å². The van der Waals surface area contributed by atoms with Crippen LogP contribution >= 0.6 is 12.4 Å². The molecule has 2 saturated heterocycles. The van der Waals surface area contributed by atoms with E-state index in [-0.39, 0.29) is 43.4 Å². The summed E-state index contributed by atoms with van der Waals surface area (Å²) in [4.78, 5) is 39.4. The molecule has 0 bridgehead atoms. The second-order valence-electron chi connectivity index (χ2n) is 4.76. The molecule has 2 heterocycles. The molecule has 0 aliphatic carbocycles. The van der Waals surface area contributed by atoms with Crippen LogP contribution in [0.1, 0.15) is 6.92 Å². The van der Waals surface area contributed by atoms with Gasteiger partial charge >= 0.3 is 6.03 Å². The SMILES string of the molecule is CC1CNCCN1C(=O)CN1C(=O)CN(C)C1=O.Cl. The van der Waals surface area contributed by atoms with E-state index >= 15 is 0 Å². The van der Waals surface area contributed by atoms with Gasteiger partial charge in [-0.15, -0.1) is 12.4 Å². The average molecular weight is 291 g/mol. The van der Waals surface area contributed by atoms with Crippen LogP contribution in [0.2, 0.25) is 0 Å². The maximum atomic E-state index is 12.1. The molecule has 1 N–H and O–H groups in total. The molecular weight excluding hydrogens is 272 g/mol. The van der Waals surface area contributed by atoms with Gasteiger partial charge in [-0.05, 0) is 6.92 Å². The fraction of sp³-hybridized carbons (Fsp3) is 0.727. The molecule has 1 unspecified atom stereocenters. The van der Waals surface area contributed by atoms with Crippen LogP contribution in [-0.4, -0.2) is 78.4 Å². The maximum Gasteiger partial charge on any atom is 0.327 e. The van der Waals surface area contributed by atoms with Crippen molar-refractivity contribution in [2.75, 3.05) is 39.8 Å². The largest absolute Gasteiger partial charge is 0.336 e. The highest BCUT2D eigenvalue weighted by Crippen LogP contribution is 2.10. The second-order valence-corrected chi connectivity index (χ2v) is 4.76. The number of hydrogen-bond donors (Lipinski definition) is 1. The van der Waals surface area contributed by atoms with Gasteiger partial charge in [0.2, 0.25) is 5.91 Å². The second kappa shape index (κ2) is 6.21. The van der Waals surface area contributed by atoms with Crippen LogP contribution in [0.5, 0.6) is 0 Å². The minimum atomic E-state index is -0.392. The number of carbonyl (C=O) groups is 3. The molecule has 108 valence electrons. The third kappa shape index (κ3) is 3.16. The maximum absolute atomic E-state index is 12.1. The first-order valence-electron chi connectivity index (χ1n) is 6.06. The van der Waals surface area contributed by atoms with E-state index in [9.17, 15) is 14.4 Å². The molecule has 7 nitrogen and oxygen atoms in total. The van der Waals surface area contributed by atoms with Crippen LogP contribution in [-0.2, 0) is 9.59 Å². The Hall–Kier alpha value is -1.34. The summed E-state index contributed by atoms with van der Waals surface area (Å²) in [6.07, 6.45) is 0. The topological polar surface area (TPSA) is 73.0 Å². The molecule has 8 heteroatoms. The average Bonchev–Trinajstić information content (AvgIpc) is 2.56. The Morgan fingerprint density at radius 2 is 2.11 bits per heavy atom. The van der Waals surface area contributed by atoms with E-state index in [0.29, 0.717) is 6.54 Å². The predicted octanol–water partition coefficient (Wildman–Crippen LogP) is -0.877. The third-order valence-electron chi connectivity index (χ3n) is 3.35. The lowest BCUT2D eigenvalue weighted by molar-refractivity contribution is -0.138. The summed E-state index contributed by atoms with van der Waals surface area (Å²) in [6.45, 7) is 3.97. The molecule has 0 aromatic rings. The van der Waals surface area contributed by atoms with E-state index in [4.69, 9.17) is 0 Å². The Bertz CT molecular complexity index is 390. The molecule has 2 aliphatic rings. The molecule has 2 fully saturated rings. The number of halogens is 1. The smallest absolute Gasteiger partial charge is 0.327 e. The van der Waals surface area contributed by atoms with Gasteiger partial charge in [0, 0.05) is 32.7 Å². The number of rotatable bonds is 2. The first-order valence-corrected chi connectivity index (χ1v) is 6.06. The van der Waals surface area contributed by atoms with Crippen LogP contribution in [0.25, 0.3) is 0 Å². The number of carbonyl (C=O) groups excluding carboxylic acids is 3. The van der Waals surface area contributed by atoms with E-state index in [0.717, 1.165) is 18.0 Å². The number of piperazine rings is 1. The zero-order valence-corrected chi connectivity index (χ0v) is 11.9. The quantitative estimate of drug-likeness (QED) is 0.671. The monoisotopic (exact) mass is 290 g/mol. The lowest BCUT2D eigenvalue weighted by atomic mass is 10.2. The Morgan fingerprint density at radius 3 is 2.63 bits per heavy atom. The van der Waals surface area contributed by atoms with Gasteiger partial charge in [-0.1, -0.05) is 0 Å². The molecule has 0 saturated carbocycles. The highest BCUT2D eigenvalue weighted by atomic mass is 35.5. The molecule has 19 heavy (non-hydrogen) atoms. The fourth-order valence-electron chi connectivity index (χ4n) is 2.26. The predicted molar refractivity (Wildman–Crippen MR) is 71.0 cm³/mol. The van der Waals surface area contributed by atoms with Gasteiger partial charge < -0.3 is 15.1 Å². The van der Waals surface area contributed by atoms with E-state index in [1.54, 1.807) is 11.9 Å². The van der Waals surface area contributed by atoms with E-state index < -0.39 is 6.03 Å². The minimum Gasteiger partial charge on any atom is -0.336 e. The van der Waals surface area contributed by atoms with Gasteiger partial charge in [-0.2, -0.15) is 0 Å². The van der Waals surface area contributed by atoms with Gasteiger partial charge in [-0.3, -0.25) is 14.5 Å². The number of nitrogens with one attached hydrogen (secondary N) is 1. The number of amides is 4. The highest BCUT2D eigenvalue weighted by Gasteiger charge is 2.36. The summed E-state index contributed by atoms with van der Waals surface area (Å²) in [5, 5.41) is 3.19. The van der Waals surface area contributed by atoms with Crippen molar-refractivity contribution in [1.82, 2.24) is 20.0 Å². The Kier molecular flexibility index (Phi) is 5.13. The summed E-state index contributed by atoms with van der Waals surface area (Å²) in [5.74, 6) is -0.473. The minimum absolute atomic E-state index is 0. The zero-order chi connectivity index (χ0) is 13.3. The van der Waals surface area contributed by atoms with Gasteiger partial charge in [0.15, 0.2) is 0 Å². The normalized spacial score (nSPS) is 23.7. The van der Waals surface area contributed by atoms with Gasteiger partial charge in [0.05, 0.1) is 0 Å². The molecule has 0 aromatic carbocycles. The number of likely N-dealkylation sites (N-methyl/N-ethyl adjacent to an activating group) is 1. The van der Waals surface area contributed by atoms with Crippen LogP contribution in [0.15, 0.2) is 0 Å². The highest BCUT2D eigenvalue weighted by molar-refractivity contribution is 6.04. The van der Waals surface area contributed by atoms with Gasteiger partial charge in [0.25, 0.3) is 5.91 Å². The van der Waals surface area contributed by atoms with Crippen molar-refractivity contribution >= 4 is 30.3 Å². The zero-order valence-electron chi connectivity index (χ0n) is 11.1. The molecule has 0 radical (unpaired) electrons. The van der Waals surface area contributed by atoms with Crippen molar-refractivity contribution in [2.45, 2.75) is 13.0 Å². The first kappa shape index (κ1) is 15.7. The third-order valence-corrected chi connectivity index (χ3v) is 3.35. The van der Waals surface area contributed by atoms with Crippen LogP contribution in [0.3, 0.4) is 0 Å². The Morgan fingerprint density at radius 1 is 1.42 bits per heavy atom. The Balaban J connectivity index is 0.00000180. The van der Waals surface area contributed by atoms with Crippen molar-refractivity contribution in [1.29, 1.82) is 0 Å². The van der Waals surface area contributed by atoms with Crippen molar-refractivity contribution in [3.05, 3.63) is 0 Å². The lowest BCUT2D eigenvalue weighted by Gasteiger charge is -2.34. The van der Waals surface area contributed by atoms with Crippen LogP contribution in [0.4, 0.5) is 4.79 Å². The van der Waals surface area contributed by atoms with E-state index in [1.807, 2.05) is 6.92 Å². The lowest BCUT2D eigenvalue weighted by Crippen LogP contribution is -2.55. The first-order chi connectivity index (χ1) is 8.50. The summed E-state index contributed by atoms with van der Waals surface area (Å²) < 4.78 is 0. The summed E-state index contributed by atoms with van der Waals surface area (Å²) in [5.41, 5.74) is 0. The molecule has 1 atom stereocenters. The Labute approximate surface area is 118 Å². The van der Waals surface area contributed by atoms with Crippen molar-refractivity contribution in [3.63, 3.8) is 0 Å². The number of nitrogens with zero attached hydrogens (tertiary/aromatic N) is 3. The molecule has 0 spiro atoms. The number of hydrogen-bond acceptors (Lipinski definition) is 4. The van der Waals surface area contributed by atoms with Crippen molar-refractivity contribution in [3.8, 4) is 0 Å². The molecule has 2 aliphatic heterocycles.